The Bertz CT molecular complexity index is 289. The lowest BCUT2D eigenvalue weighted by Gasteiger charge is -2.22. The Morgan fingerprint density at radius 3 is 2.73 bits per heavy atom. The second-order valence-electron chi connectivity index (χ2n) is 3.67. The summed E-state index contributed by atoms with van der Waals surface area (Å²) >= 11 is 5.80. The first-order valence-corrected chi connectivity index (χ1v) is 6.06. The minimum atomic E-state index is 0.652. The molecule has 1 rings (SSSR count). The Morgan fingerprint density at radius 2 is 2.13 bits per heavy atom. The van der Waals surface area contributed by atoms with Gasteiger partial charge in [0.25, 0.3) is 0 Å². The maximum absolute atomic E-state index is 5.80. The molecule has 0 unspecified atom stereocenters. The minimum absolute atomic E-state index is 0.652. The predicted molar refractivity (Wildman–Crippen MR) is 66.8 cm³/mol. The molecule has 2 nitrogen and oxygen atoms in total. The molecule has 1 heterocycles. The van der Waals surface area contributed by atoms with Crippen LogP contribution in [-0.2, 0) is 0 Å². The summed E-state index contributed by atoms with van der Waals surface area (Å²) < 4.78 is 0. The summed E-state index contributed by atoms with van der Waals surface area (Å²) in [5, 5.41) is 0. The number of rotatable bonds is 6. The summed E-state index contributed by atoms with van der Waals surface area (Å²) in [4.78, 5) is 6.77. The molecular weight excluding hydrogens is 208 g/mol. The molecule has 0 saturated heterocycles. The van der Waals surface area contributed by atoms with Gasteiger partial charge in [0, 0.05) is 24.7 Å². The molecule has 0 amide bonds. The topological polar surface area (TPSA) is 16.1 Å². The highest BCUT2D eigenvalue weighted by molar-refractivity contribution is 6.18. The van der Waals surface area contributed by atoms with E-state index in [4.69, 9.17) is 11.6 Å². The molecule has 0 fully saturated rings. The average molecular weight is 227 g/mol. The van der Waals surface area contributed by atoms with Gasteiger partial charge < -0.3 is 4.90 Å². The molecule has 0 aromatic carbocycles. The predicted octanol–water partition coefficient (Wildman–Crippen LogP) is 3.24. The van der Waals surface area contributed by atoms with E-state index in [1.54, 1.807) is 0 Å². The van der Waals surface area contributed by atoms with Crippen LogP contribution in [0.5, 0.6) is 0 Å². The Balaban J connectivity index is 2.69. The minimum Gasteiger partial charge on any atom is -0.355 e. The number of hydrogen-bond acceptors (Lipinski definition) is 2. The zero-order valence-corrected chi connectivity index (χ0v) is 10.3. The smallest absolute Gasteiger partial charge is 0.128 e. The van der Waals surface area contributed by atoms with Gasteiger partial charge in [0.2, 0.25) is 0 Å². The molecule has 1 aromatic rings. The summed E-state index contributed by atoms with van der Waals surface area (Å²) in [5.41, 5.74) is 1.06. The highest BCUT2D eigenvalue weighted by Gasteiger charge is 2.06. The Morgan fingerprint density at radius 1 is 1.33 bits per heavy atom. The van der Waals surface area contributed by atoms with Crippen LogP contribution in [0.25, 0.3) is 0 Å². The molecule has 0 spiro atoms. The van der Waals surface area contributed by atoms with Crippen LogP contribution in [0.15, 0.2) is 18.2 Å². The van der Waals surface area contributed by atoms with Crippen molar-refractivity contribution < 1.29 is 0 Å². The molecule has 0 aliphatic heterocycles. The van der Waals surface area contributed by atoms with E-state index < -0.39 is 0 Å². The first-order valence-electron chi connectivity index (χ1n) is 5.52. The van der Waals surface area contributed by atoms with E-state index in [-0.39, 0.29) is 0 Å². The van der Waals surface area contributed by atoms with Crippen LogP contribution in [0.1, 0.15) is 25.5 Å². The molecule has 0 N–H and O–H groups in total. The third-order valence-corrected chi connectivity index (χ3v) is 2.50. The number of aromatic nitrogens is 1. The van der Waals surface area contributed by atoms with Crippen molar-refractivity contribution in [1.82, 2.24) is 4.98 Å². The van der Waals surface area contributed by atoms with Crippen molar-refractivity contribution in [3.63, 3.8) is 0 Å². The van der Waals surface area contributed by atoms with Gasteiger partial charge >= 0.3 is 0 Å². The maximum Gasteiger partial charge on any atom is 0.128 e. The SMILES string of the molecule is CCCCN(CCCl)c1cccc(C)n1. The largest absolute Gasteiger partial charge is 0.355 e. The van der Waals surface area contributed by atoms with Gasteiger partial charge in [-0.25, -0.2) is 4.98 Å². The van der Waals surface area contributed by atoms with Crippen molar-refractivity contribution in [2.75, 3.05) is 23.9 Å². The maximum atomic E-state index is 5.80. The van der Waals surface area contributed by atoms with Crippen LogP contribution >= 0.6 is 11.6 Å². The molecule has 0 atom stereocenters. The fraction of sp³-hybridized carbons (Fsp3) is 0.583. The third-order valence-electron chi connectivity index (χ3n) is 2.33. The van der Waals surface area contributed by atoms with Crippen LogP contribution in [0.4, 0.5) is 5.82 Å². The van der Waals surface area contributed by atoms with Gasteiger partial charge in [0.1, 0.15) is 5.82 Å². The van der Waals surface area contributed by atoms with E-state index >= 15 is 0 Å². The van der Waals surface area contributed by atoms with Crippen LogP contribution in [-0.4, -0.2) is 24.0 Å². The van der Waals surface area contributed by atoms with Crippen molar-refractivity contribution in [3.05, 3.63) is 23.9 Å². The van der Waals surface area contributed by atoms with E-state index in [0.29, 0.717) is 5.88 Å². The molecule has 0 saturated carbocycles. The van der Waals surface area contributed by atoms with Crippen LogP contribution in [0, 0.1) is 6.92 Å². The van der Waals surface area contributed by atoms with Gasteiger partial charge in [-0.15, -0.1) is 11.6 Å². The van der Waals surface area contributed by atoms with E-state index in [1.165, 1.54) is 12.8 Å². The Labute approximate surface area is 97.3 Å². The van der Waals surface area contributed by atoms with Crippen molar-refractivity contribution in [2.45, 2.75) is 26.7 Å². The van der Waals surface area contributed by atoms with Crippen LogP contribution in [0.2, 0.25) is 0 Å². The lowest BCUT2D eigenvalue weighted by atomic mass is 10.3. The zero-order chi connectivity index (χ0) is 11.1. The standard InChI is InChI=1S/C12H19ClN2/c1-3-4-9-15(10-8-13)12-7-5-6-11(2)14-12/h5-7H,3-4,8-10H2,1-2H3. The summed E-state index contributed by atoms with van der Waals surface area (Å²) in [5.74, 6) is 1.70. The highest BCUT2D eigenvalue weighted by atomic mass is 35.5. The number of hydrogen-bond donors (Lipinski definition) is 0. The summed E-state index contributed by atoms with van der Waals surface area (Å²) in [7, 11) is 0. The summed E-state index contributed by atoms with van der Waals surface area (Å²) in [6.07, 6.45) is 2.39. The lowest BCUT2D eigenvalue weighted by Crippen LogP contribution is -2.27. The van der Waals surface area contributed by atoms with E-state index in [9.17, 15) is 0 Å². The average Bonchev–Trinajstić information content (AvgIpc) is 2.24. The first kappa shape index (κ1) is 12.3. The number of unbranched alkanes of at least 4 members (excludes halogenated alkanes) is 1. The van der Waals surface area contributed by atoms with Gasteiger partial charge in [-0.3, -0.25) is 0 Å². The Kier molecular flexibility index (Phi) is 5.48. The van der Waals surface area contributed by atoms with E-state index in [1.807, 2.05) is 19.1 Å². The summed E-state index contributed by atoms with van der Waals surface area (Å²) in [6.45, 7) is 6.13. The van der Waals surface area contributed by atoms with Crippen LogP contribution in [0.3, 0.4) is 0 Å². The first-order chi connectivity index (χ1) is 7.27. The van der Waals surface area contributed by atoms with Crippen LogP contribution < -0.4 is 4.90 Å². The van der Waals surface area contributed by atoms with Gasteiger partial charge in [-0.1, -0.05) is 19.4 Å². The van der Waals surface area contributed by atoms with E-state index in [2.05, 4.69) is 22.9 Å². The number of nitrogens with zero attached hydrogens (tertiary/aromatic N) is 2. The lowest BCUT2D eigenvalue weighted by molar-refractivity contribution is 0.724. The fourth-order valence-corrected chi connectivity index (χ4v) is 1.70. The fourth-order valence-electron chi connectivity index (χ4n) is 1.50. The number of alkyl halides is 1. The van der Waals surface area contributed by atoms with Gasteiger partial charge in [-0.2, -0.15) is 0 Å². The highest BCUT2D eigenvalue weighted by Crippen LogP contribution is 2.12. The van der Waals surface area contributed by atoms with Crippen molar-refractivity contribution in [2.24, 2.45) is 0 Å². The van der Waals surface area contributed by atoms with E-state index in [0.717, 1.165) is 24.6 Å². The second-order valence-corrected chi connectivity index (χ2v) is 4.04. The van der Waals surface area contributed by atoms with Gasteiger partial charge in [0.05, 0.1) is 0 Å². The second kappa shape index (κ2) is 6.67. The quantitative estimate of drug-likeness (QED) is 0.693. The molecule has 3 heteroatoms. The van der Waals surface area contributed by atoms with Gasteiger partial charge in [0.15, 0.2) is 0 Å². The molecule has 0 aliphatic carbocycles. The monoisotopic (exact) mass is 226 g/mol. The molecular formula is C12H19ClN2. The Hall–Kier alpha value is -0.760. The normalized spacial score (nSPS) is 10.3. The molecule has 84 valence electrons. The zero-order valence-electron chi connectivity index (χ0n) is 9.54. The number of halogens is 1. The third kappa shape index (κ3) is 4.08. The molecule has 15 heavy (non-hydrogen) atoms. The van der Waals surface area contributed by atoms with Crippen molar-refractivity contribution >= 4 is 17.4 Å². The van der Waals surface area contributed by atoms with Crippen molar-refractivity contribution in [1.29, 1.82) is 0 Å². The summed E-state index contributed by atoms with van der Waals surface area (Å²) in [6, 6.07) is 6.11. The molecule has 0 radical (unpaired) electrons. The molecule has 0 aliphatic rings. The molecule has 0 bridgehead atoms. The number of pyridine rings is 1. The number of aryl methyl sites for hydroxylation is 1. The molecule has 1 aromatic heterocycles. The number of anilines is 1. The van der Waals surface area contributed by atoms with Crippen molar-refractivity contribution in [3.8, 4) is 0 Å². The van der Waals surface area contributed by atoms with Gasteiger partial charge in [-0.05, 0) is 25.5 Å².